The van der Waals surface area contributed by atoms with E-state index in [4.69, 9.17) is 9.47 Å². The Morgan fingerprint density at radius 1 is 0.418 bits per heavy atom. The first-order valence-corrected chi connectivity index (χ1v) is 24.6. The zero-order valence-electron chi connectivity index (χ0n) is 38.1. The number of hydrogen-bond donors (Lipinski definition) is 1. The molecule has 0 heterocycles. The van der Waals surface area contributed by atoms with Gasteiger partial charge in [0.25, 0.3) is 0 Å². The molecule has 6 nitrogen and oxygen atoms in total. The summed E-state index contributed by atoms with van der Waals surface area (Å²) in [6.45, 7) is 17.9. The molecular formula is C49H97NO5. The normalized spacial score (nSPS) is 13.9. The van der Waals surface area contributed by atoms with Gasteiger partial charge >= 0.3 is 11.9 Å². The molecule has 0 aromatic heterocycles. The van der Waals surface area contributed by atoms with Gasteiger partial charge in [-0.3, -0.25) is 9.59 Å². The molecule has 1 N–H and O–H groups in total. The molecular weight excluding hydrogens is 683 g/mol. The molecule has 0 aliphatic heterocycles. The van der Waals surface area contributed by atoms with E-state index in [2.05, 4.69) is 46.4 Å². The Bertz CT molecular complexity index is 776. The number of unbranched alkanes of at least 4 members (excludes halogenated alkanes) is 17. The van der Waals surface area contributed by atoms with Gasteiger partial charge in [0.15, 0.2) is 0 Å². The second-order valence-corrected chi connectivity index (χ2v) is 17.3. The number of aliphatic hydroxyl groups is 1. The highest BCUT2D eigenvalue weighted by Crippen LogP contribution is 2.29. The minimum Gasteiger partial charge on any atom is -0.465 e. The molecule has 2 unspecified atom stereocenters. The van der Waals surface area contributed by atoms with Crippen molar-refractivity contribution < 1.29 is 24.2 Å². The van der Waals surface area contributed by atoms with Crippen LogP contribution in [0.4, 0.5) is 0 Å². The van der Waals surface area contributed by atoms with Crippen LogP contribution in [0.25, 0.3) is 0 Å². The Kier molecular flexibility index (Phi) is 38.9. The standard InChI is InChI=1S/C49H97NO5/c1-7-13-17-19-25-35-45(33-15-9-3)47(51)54-43-31-23-21-27-37-49(53,39-29-30-42-50(40-11-5)41-12-6)38-28-22-24-32-44-55-48(52)46(34-16-10-4)36-26-20-18-14-8-2/h45-46,53H,7-44H2,1-6H3. The smallest absolute Gasteiger partial charge is 0.308 e. The molecule has 0 radical (unpaired) electrons. The molecule has 0 aliphatic carbocycles. The number of esters is 2. The predicted molar refractivity (Wildman–Crippen MR) is 237 cm³/mol. The summed E-state index contributed by atoms with van der Waals surface area (Å²) in [5, 5.41) is 11.9. The molecule has 0 aromatic carbocycles. The van der Waals surface area contributed by atoms with E-state index in [-0.39, 0.29) is 23.8 Å². The summed E-state index contributed by atoms with van der Waals surface area (Å²) in [6.07, 6.45) is 35.9. The lowest BCUT2D eigenvalue weighted by atomic mass is 9.85. The quantitative estimate of drug-likeness (QED) is 0.0491. The summed E-state index contributed by atoms with van der Waals surface area (Å²) in [4.78, 5) is 28.4. The van der Waals surface area contributed by atoms with Crippen molar-refractivity contribution >= 4 is 11.9 Å². The van der Waals surface area contributed by atoms with Gasteiger partial charge in [-0.25, -0.2) is 0 Å². The minimum atomic E-state index is -0.605. The first-order chi connectivity index (χ1) is 26.8. The van der Waals surface area contributed by atoms with E-state index >= 15 is 0 Å². The van der Waals surface area contributed by atoms with E-state index in [0.29, 0.717) is 13.2 Å². The van der Waals surface area contributed by atoms with Gasteiger partial charge in [0.2, 0.25) is 0 Å². The average molecular weight is 780 g/mol. The first-order valence-electron chi connectivity index (χ1n) is 24.6. The van der Waals surface area contributed by atoms with Crippen LogP contribution >= 0.6 is 0 Å². The lowest BCUT2D eigenvalue weighted by molar-refractivity contribution is -0.150. The molecule has 0 saturated heterocycles. The molecule has 328 valence electrons. The zero-order valence-corrected chi connectivity index (χ0v) is 38.1. The topological polar surface area (TPSA) is 76.1 Å². The van der Waals surface area contributed by atoms with E-state index in [1.54, 1.807) is 0 Å². The summed E-state index contributed by atoms with van der Waals surface area (Å²) in [7, 11) is 0. The Labute approximate surface area is 343 Å². The number of rotatable bonds is 43. The van der Waals surface area contributed by atoms with Gasteiger partial charge < -0.3 is 19.5 Å². The highest BCUT2D eigenvalue weighted by atomic mass is 16.5. The largest absolute Gasteiger partial charge is 0.465 e. The number of carbonyl (C=O) groups excluding carboxylic acids is 2. The van der Waals surface area contributed by atoms with E-state index in [9.17, 15) is 14.7 Å². The molecule has 55 heavy (non-hydrogen) atoms. The summed E-state index contributed by atoms with van der Waals surface area (Å²) in [5.74, 6) is 0.190. The molecule has 0 saturated carbocycles. The van der Waals surface area contributed by atoms with E-state index in [0.717, 1.165) is 154 Å². The maximum absolute atomic E-state index is 12.9. The molecule has 2 atom stereocenters. The van der Waals surface area contributed by atoms with Crippen LogP contribution in [0, 0.1) is 11.8 Å². The fraction of sp³-hybridized carbons (Fsp3) is 0.959. The maximum Gasteiger partial charge on any atom is 0.308 e. The second kappa shape index (κ2) is 39.7. The molecule has 0 rings (SSSR count). The molecule has 0 fully saturated rings. The van der Waals surface area contributed by atoms with Gasteiger partial charge in [-0.2, -0.15) is 0 Å². The van der Waals surface area contributed by atoms with Gasteiger partial charge in [0, 0.05) is 0 Å². The highest BCUT2D eigenvalue weighted by Gasteiger charge is 2.26. The van der Waals surface area contributed by atoms with Crippen LogP contribution in [0.15, 0.2) is 0 Å². The molecule has 6 heteroatoms. The molecule has 0 bridgehead atoms. The summed E-state index contributed by atoms with van der Waals surface area (Å²) < 4.78 is 11.6. The van der Waals surface area contributed by atoms with Crippen LogP contribution in [-0.4, -0.2) is 60.4 Å². The Balaban J connectivity index is 4.74. The number of nitrogens with zero attached hydrogens (tertiary/aromatic N) is 1. The van der Waals surface area contributed by atoms with Crippen LogP contribution in [0.3, 0.4) is 0 Å². The lowest BCUT2D eigenvalue weighted by Crippen LogP contribution is -2.30. The van der Waals surface area contributed by atoms with Crippen molar-refractivity contribution in [3.8, 4) is 0 Å². The van der Waals surface area contributed by atoms with Crippen molar-refractivity contribution in [2.45, 2.75) is 259 Å². The number of ether oxygens (including phenoxy) is 2. The van der Waals surface area contributed by atoms with Crippen LogP contribution in [0.5, 0.6) is 0 Å². The highest BCUT2D eigenvalue weighted by molar-refractivity contribution is 5.72. The van der Waals surface area contributed by atoms with Crippen molar-refractivity contribution in [2.75, 3.05) is 32.8 Å². The third kappa shape index (κ3) is 32.5. The third-order valence-corrected chi connectivity index (χ3v) is 11.8. The van der Waals surface area contributed by atoms with Crippen molar-refractivity contribution in [3.63, 3.8) is 0 Å². The zero-order chi connectivity index (χ0) is 40.7. The monoisotopic (exact) mass is 780 g/mol. The van der Waals surface area contributed by atoms with Crippen LogP contribution in [0.2, 0.25) is 0 Å². The maximum atomic E-state index is 12.9. The predicted octanol–water partition coefficient (Wildman–Crippen LogP) is 14.3. The van der Waals surface area contributed by atoms with Crippen LogP contribution in [-0.2, 0) is 19.1 Å². The second-order valence-electron chi connectivity index (χ2n) is 17.3. The summed E-state index contributed by atoms with van der Waals surface area (Å²) in [6, 6.07) is 0. The lowest BCUT2D eigenvalue weighted by Gasteiger charge is -2.29. The van der Waals surface area contributed by atoms with Gasteiger partial charge in [-0.1, -0.05) is 170 Å². The van der Waals surface area contributed by atoms with Gasteiger partial charge in [0.1, 0.15) is 0 Å². The molecule has 0 aromatic rings. The summed E-state index contributed by atoms with van der Waals surface area (Å²) >= 11 is 0. The third-order valence-electron chi connectivity index (χ3n) is 11.8. The van der Waals surface area contributed by atoms with Crippen LogP contribution in [0.1, 0.15) is 253 Å². The Hall–Kier alpha value is -1.14. The summed E-state index contributed by atoms with van der Waals surface area (Å²) in [5.41, 5.74) is -0.605. The molecule has 0 spiro atoms. The van der Waals surface area contributed by atoms with Crippen molar-refractivity contribution in [1.82, 2.24) is 4.90 Å². The molecule has 0 amide bonds. The SMILES string of the molecule is CCCCCCCC(CCCC)C(=O)OCCCCCCC(O)(CCCCCCOC(=O)C(CCCC)CCCCCCC)CCCCN(CCC)CCC. The van der Waals surface area contributed by atoms with Gasteiger partial charge in [0.05, 0.1) is 30.7 Å². The van der Waals surface area contributed by atoms with Crippen molar-refractivity contribution in [3.05, 3.63) is 0 Å². The van der Waals surface area contributed by atoms with Crippen molar-refractivity contribution in [2.24, 2.45) is 11.8 Å². The Morgan fingerprint density at radius 2 is 0.764 bits per heavy atom. The van der Waals surface area contributed by atoms with Crippen molar-refractivity contribution in [1.29, 1.82) is 0 Å². The van der Waals surface area contributed by atoms with Gasteiger partial charge in [-0.15, -0.1) is 0 Å². The minimum absolute atomic E-state index is 0.0252. The fourth-order valence-corrected chi connectivity index (χ4v) is 8.18. The van der Waals surface area contributed by atoms with Crippen LogP contribution < -0.4 is 0 Å². The number of hydrogen-bond acceptors (Lipinski definition) is 6. The first kappa shape index (κ1) is 53.9. The Morgan fingerprint density at radius 3 is 1.16 bits per heavy atom. The average Bonchev–Trinajstić information content (AvgIpc) is 3.17. The molecule has 0 aliphatic rings. The van der Waals surface area contributed by atoms with E-state index in [1.165, 1.54) is 77.3 Å². The fourth-order valence-electron chi connectivity index (χ4n) is 8.18. The van der Waals surface area contributed by atoms with Gasteiger partial charge in [-0.05, 0) is 103 Å². The number of carbonyl (C=O) groups is 2. The van der Waals surface area contributed by atoms with E-state index < -0.39 is 5.60 Å². The van der Waals surface area contributed by atoms with E-state index in [1.807, 2.05) is 0 Å².